The van der Waals surface area contributed by atoms with Gasteiger partial charge in [0.2, 0.25) is 0 Å². The molecule has 1 fully saturated rings. The Hall–Kier alpha value is -3.28. The molecule has 0 saturated carbocycles. The molecule has 1 heterocycles. The van der Waals surface area contributed by atoms with E-state index in [1.54, 1.807) is 23.1 Å². The Morgan fingerprint density at radius 2 is 1.60 bits per heavy atom. The Bertz CT molecular complexity index is 1080. The van der Waals surface area contributed by atoms with E-state index in [1.807, 2.05) is 38.1 Å². The SMILES string of the molecule is CCCN1C(=O)C(=O)/C(=C(\O)c2ccc(OCC(C)C)c(C)c2)C1c1ccc(OCC(C)C)cc1. The van der Waals surface area contributed by atoms with Crippen LogP contribution in [0.15, 0.2) is 48.0 Å². The summed E-state index contributed by atoms with van der Waals surface area (Å²) in [7, 11) is 0. The molecular formula is C29H37NO5. The van der Waals surface area contributed by atoms with Crippen molar-refractivity contribution in [3.63, 3.8) is 0 Å². The lowest BCUT2D eigenvalue weighted by Crippen LogP contribution is -2.30. The zero-order valence-electron chi connectivity index (χ0n) is 21.6. The predicted octanol–water partition coefficient (Wildman–Crippen LogP) is 5.90. The molecule has 1 saturated heterocycles. The molecule has 0 radical (unpaired) electrons. The minimum absolute atomic E-state index is 0.106. The number of benzene rings is 2. The molecule has 0 bridgehead atoms. The summed E-state index contributed by atoms with van der Waals surface area (Å²) in [4.78, 5) is 27.6. The first-order valence-electron chi connectivity index (χ1n) is 12.4. The summed E-state index contributed by atoms with van der Waals surface area (Å²) in [6, 6.07) is 12.1. The Labute approximate surface area is 208 Å². The summed E-state index contributed by atoms with van der Waals surface area (Å²) in [5, 5.41) is 11.3. The topological polar surface area (TPSA) is 76.1 Å². The molecule has 1 aliphatic rings. The zero-order valence-corrected chi connectivity index (χ0v) is 21.6. The van der Waals surface area contributed by atoms with Crippen LogP contribution in [0.25, 0.3) is 5.76 Å². The zero-order chi connectivity index (χ0) is 25.7. The van der Waals surface area contributed by atoms with Crippen LogP contribution in [0.2, 0.25) is 0 Å². The highest BCUT2D eigenvalue weighted by molar-refractivity contribution is 6.46. The van der Waals surface area contributed by atoms with Crippen LogP contribution >= 0.6 is 0 Å². The maximum Gasteiger partial charge on any atom is 0.295 e. The maximum atomic E-state index is 13.1. The summed E-state index contributed by atoms with van der Waals surface area (Å²) in [5.41, 5.74) is 2.19. The quantitative estimate of drug-likeness (QED) is 0.261. The number of hydrogen-bond acceptors (Lipinski definition) is 5. The first-order valence-corrected chi connectivity index (χ1v) is 12.4. The van der Waals surface area contributed by atoms with Crippen LogP contribution in [0.5, 0.6) is 11.5 Å². The predicted molar refractivity (Wildman–Crippen MR) is 138 cm³/mol. The van der Waals surface area contributed by atoms with Crippen molar-refractivity contribution in [1.29, 1.82) is 0 Å². The highest BCUT2D eigenvalue weighted by atomic mass is 16.5. The van der Waals surface area contributed by atoms with Gasteiger partial charge in [0.25, 0.3) is 11.7 Å². The summed E-state index contributed by atoms with van der Waals surface area (Å²) in [6.45, 7) is 13.8. The van der Waals surface area contributed by atoms with E-state index in [1.165, 1.54) is 0 Å². The summed E-state index contributed by atoms with van der Waals surface area (Å²) in [5.74, 6) is 0.811. The lowest BCUT2D eigenvalue weighted by Gasteiger charge is -2.25. The number of aliphatic hydroxyl groups is 1. The Balaban J connectivity index is 2.01. The van der Waals surface area contributed by atoms with Gasteiger partial charge in [0, 0.05) is 12.1 Å². The van der Waals surface area contributed by atoms with Gasteiger partial charge in [0.05, 0.1) is 24.8 Å². The number of aryl methyl sites for hydroxylation is 1. The monoisotopic (exact) mass is 479 g/mol. The van der Waals surface area contributed by atoms with Gasteiger partial charge >= 0.3 is 0 Å². The van der Waals surface area contributed by atoms with Gasteiger partial charge in [-0.3, -0.25) is 9.59 Å². The Kier molecular flexibility index (Phi) is 8.60. The number of likely N-dealkylation sites (tertiary alicyclic amines) is 1. The molecule has 1 amide bonds. The van der Waals surface area contributed by atoms with Crippen LogP contribution in [0.1, 0.15) is 63.8 Å². The number of hydrogen-bond donors (Lipinski definition) is 1. The number of ketones is 1. The molecule has 1 atom stereocenters. The van der Waals surface area contributed by atoms with Crippen molar-refractivity contribution >= 4 is 17.4 Å². The molecule has 3 rings (SSSR count). The molecule has 6 nitrogen and oxygen atoms in total. The number of nitrogens with zero attached hydrogens (tertiary/aromatic N) is 1. The second-order valence-electron chi connectivity index (χ2n) is 9.95. The van der Waals surface area contributed by atoms with Crippen molar-refractivity contribution in [2.45, 2.75) is 54.0 Å². The normalized spacial score (nSPS) is 17.5. The number of rotatable bonds is 10. The average Bonchev–Trinajstić information content (AvgIpc) is 3.07. The molecule has 6 heteroatoms. The number of carbonyl (C=O) groups excluding carboxylic acids is 2. The second-order valence-corrected chi connectivity index (χ2v) is 9.95. The molecule has 1 aliphatic heterocycles. The third kappa shape index (κ3) is 6.05. The number of aliphatic hydroxyl groups excluding tert-OH is 1. The summed E-state index contributed by atoms with van der Waals surface area (Å²) < 4.78 is 11.6. The van der Waals surface area contributed by atoms with Gasteiger partial charge in [-0.1, -0.05) is 46.8 Å². The third-order valence-corrected chi connectivity index (χ3v) is 5.80. The van der Waals surface area contributed by atoms with Gasteiger partial charge in [-0.25, -0.2) is 0 Å². The molecule has 0 spiro atoms. The van der Waals surface area contributed by atoms with Crippen LogP contribution < -0.4 is 9.47 Å². The van der Waals surface area contributed by atoms with E-state index in [0.717, 1.165) is 22.6 Å². The first kappa shape index (κ1) is 26.3. The highest BCUT2D eigenvalue weighted by Gasteiger charge is 2.45. The fourth-order valence-electron chi connectivity index (χ4n) is 4.08. The van der Waals surface area contributed by atoms with Crippen molar-refractivity contribution < 1.29 is 24.2 Å². The molecule has 188 valence electrons. The molecule has 2 aromatic rings. The van der Waals surface area contributed by atoms with Gasteiger partial charge in [-0.05, 0) is 66.6 Å². The molecule has 2 aromatic carbocycles. The van der Waals surface area contributed by atoms with Crippen LogP contribution in [-0.2, 0) is 9.59 Å². The molecule has 0 aromatic heterocycles. The Morgan fingerprint density at radius 1 is 0.971 bits per heavy atom. The molecule has 1 unspecified atom stereocenters. The van der Waals surface area contributed by atoms with E-state index in [2.05, 4.69) is 27.7 Å². The summed E-state index contributed by atoms with van der Waals surface area (Å²) in [6.07, 6.45) is 0.695. The van der Waals surface area contributed by atoms with Gasteiger partial charge in [-0.15, -0.1) is 0 Å². The fourth-order valence-corrected chi connectivity index (χ4v) is 4.08. The second kappa shape index (κ2) is 11.4. The molecule has 35 heavy (non-hydrogen) atoms. The van der Waals surface area contributed by atoms with Crippen molar-refractivity contribution in [2.75, 3.05) is 19.8 Å². The average molecular weight is 480 g/mol. The van der Waals surface area contributed by atoms with Crippen LogP contribution in [0, 0.1) is 18.8 Å². The van der Waals surface area contributed by atoms with E-state index < -0.39 is 17.7 Å². The molecule has 1 N–H and O–H groups in total. The van der Waals surface area contributed by atoms with Gasteiger partial charge in [-0.2, -0.15) is 0 Å². The van der Waals surface area contributed by atoms with Crippen LogP contribution in [0.3, 0.4) is 0 Å². The minimum Gasteiger partial charge on any atom is -0.507 e. The Morgan fingerprint density at radius 3 is 2.17 bits per heavy atom. The molecular weight excluding hydrogens is 442 g/mol. The van der Waals surface area contributed by atoms with Crippen LogP contribution in [-0.4, -0.2) is 41.5 Å². The largest absolute Gasteiger partial charge is 0.507 e. The van der Waals surface area contributed by atoms with E-state index >= 15 is 0 Å². The smallest absolute Gasteiger partial charge is 0.295 e. The van der Waals surface area contributed by atoms with Crippen molar-refractivity contribution in [1.82, 2.24) is 4.90 Å². The van der Waals surface area contributed by atoms with Crippen molar-refractivity contribution in [2.24, 2.45) is 11.8 Å². The maximum absolute atomic E-state index is 13.1. The standard InChI is InChI=1S/C29H37NO5/c1-7-14-30-26(21-8-11-23(12-9-21)34-16-18(2)3)25(28(32)29(30)33)27(31)22-10-13-24(20(6)15-22)35-17-19(4)5/h8-13,15,18-19,26,31H,7,14,16-17H2,1-6H3/b27-25-. The number of carbonyl (C=O) groups is 2. The van der Waals surface area contributed by atoms with E-state index in [0.29, 0.717) is 43.6 Å². The fraction of sp³-hybridized carbons (Fsp3) is 0.448. The lowest BCUT2D eigenvalue weighted by atomic mass is 9.94. The van der Waals surface area contributed by atoms with Gasteiger partial charge < -0.3 is 19.5 Å². The van der Waals surface area contributed by atoms with E-state index in [-0.39, 0.29) is 11.3 Å². The molecule has 0 aliphatic carbocycles. The van der Waals surface area contributed by atoms with E-state index in [9.17, 15) is 14.7 Å². The summed E-state index contributed by atoms with van der Waals surface area (Å²) >= 11 is 0. The number of Topliss-reactive ketones (excluding diaryl/α,β-unsaturated/α-hetero) is 1. The van der Waals surface area contributed by atoms with Crippen molar-refractivity contribution in [3.05, 3.63) is 64.7 Å². The lowest BCUT2D eigenvalue weighted by molar-refractivity contribution is -0.139. The third-order valence-electron chi connectivity index (χ3n) is 5.80. The van der Waals surface area contributed by atoms with E-state index in [4.69, 9.17) is 9.47 Å². The van der Waals surface area contributed by atoms with Gasteiger partial charge in [0.1, 0.15) is 17.3 Å². The van der Waals surface area contributed by atoms with Crippen LogP contribution in [0.4, 0.5) is 0 Å². The van der Waals surface area contributed by atoms with Crippen molar-refractivity contribution in [3.8, 4) is 11.5 Å². The van der Waals surface area contributed by atoms with Gasteiger partial charge in [0.15, 0.2) is 0 Å². The number of ether oxygens (including phenoxy) is 2. The number of amides is 1. The minimum atomic E-state index is -0.668. The highest BCUT2D eigenvalue weighted by Crippen LogP contribution is 2.40. The first-order chi connectivity index (χ1) is 16.6.